The van der Waals surface area contributed by atoms with Crippen LogP contribution >= 0.6 is 0 Å². The monoisotopic (exact) mass is 184 g/mol. The number of fused-ring (bicyclic) bond motifs is 3. The third-order valence-corrected chi connectivity index (χ3v) is 2.35. The molecule has 0 aliphatic rings. The summed E-state index contributed by atoms with van der Waals surface area (Å²) in [6.07, 6.45) is 3.87. The Labute approximate surface area is 80.5 Å². The fraction of sp³-hybridized carbons (Fsp3) is 0. The number of imidazole rings is 1. The molecule has 0 atom stereocenters. The average molecular weight is 184 g/mol. The molecule has 14 heavy (non-hydrogen) atoms. The minimum Gasteiger partial charge on any atom is -0.842 e. The molecule has 0 saturated carbocycles. The molecule has 0 aliphatic heterocycles. The van der Waals surface area contributed by atoms with Crippen LogP contribution in [0.25, 0.3) is 11.2 Å². The molecule has 0 radical (unpaired) electrons. The molecule has 3 heterocycles. The molecule has 3 aromatic heterocycles. The highest BCUT2D eigenvalue weighted by molar-refractivity contribution is 5.54. The Morgan fingerprint density at radius 1 is 1.07 bits per heavy atom. The minimum atomic E-state index is 0.0104. The van der Waals surface area contributed by atoms with Gasteiger partial charge in [0.25, 0.3) is 5.65 Å². The van der Waals surface area contributed by atoms with E-state index >= 15 is 0 Å². The number of rotatable bonds is 0. The van der Waals surface area contributed by atoms with Crippen LogP contribution in [0.1, 0.15) is 0 Å². The van der Waals surface area contributed by atoms with Crippen molar-refractivity contribution in [1.82, 2.24) is 4.40 Å². The van der Waals surface area contributed by atoms with Gasteiger partial charge in [0.15, 0.2) is 5.52 Å². The van der Waals surface area contributed by atoms with Gasteiger partial charge in [0.2, 0.25) is 0 Å². The predicted molar refractivity (Wildman–Crippen MR) is 50.0 cm³/mol. The minimum absolute atomic E-state index is 0.0104. The first kappa shape index (κ1) is 7.38. The van der Waals surface area contributed by atoms with Crippen LogP contribution in [0.15, 0.2) is 48.8 Å². The van der Waals surface area contributed by atoms with Gasteiger partial charge in [0.1, 0.15) is 6.20 Å². The first-order chi connectivity index (χ1) is 6.86. The molecule has 0 N–H and O–H groups in total. The summed E-state index contributed by atoms with van der Waals surface area (Å²) in [6.45, 7) is 0. The first-order valence-electron chi connectivity index (χ1n) is 4.44. The Hall–Kier alpha value is -2.03. The quantitative estimate of drug-likeness (QED) is 0.474. The van der Waals surface area contributed by atoms with E-state index in [9.17, 15) is 5.11 Å². The van der Waals surface area contributed by atoms with E-state index in [1.165, 1.54) is 0 Å². The van der Waals surface area contributed by atoms with E-state index in [0.29, 0.717) is 0 Å². The van der Waals surface area contributed by atoms with Crippen molar-refractivity contribution >= 4 is 11.2 Å². The molecular formula is C11H8N2O. The van der Waals surface area contributed by atoms with Crippen LogP contribution in [-0.2, 0) is 0 Å². The van der Waals surface area contributed by atoms with Gasteiger partial charge < -0.3 is 5.11 Å². The maximum atomic E-state index is 11.6. The maximum Gasteiger partial charge on any atom is 0.290 e. The Bertz CT molecular complexity index is 613. The second-order valence-corrected chi connectivity index (χ2v) is 3.22. The predicted octanol–water partition coefficient (Wildman–Crippen LogP) is 0.752. The molecule has 0 bridgehead atoms. The zero-order valence-electron chi connectivity index (χ0n) is 7.42. The zero-order valence-corrected chi connectivity index (χ0v) is 7.42. The Morgan fingerprint density at radius 2 is 2.00 bits per heavy atom. The largest absolute Gasteiger partial charge is 0.842 e. The molecule has 3 rings (SSSR count). The third kappa shape index (κ3) is 0.836. The van der Waals surface area contributed by atoms with Crippen molar-refractivity contribution in [3.8, 4) is 5.88 Å². The van der Waals surface area contributed by atoms with E-state index in [-0.39, 0.29) is 5.88 Å². The summed E-state index contributed by atoms with van der Waals surface area (Å²) < 4.78 is 3.64. The van der Waals surface area contributed by atoms with E-state index in [2.05, 4.69) is 0 Å². The van der Waals surface area contributed by atoms with Crippen molar-refractivity contribution in [2.75, 3.05) is 0 Å². The van der Waals surface area contributed by atoms with Crippen LogP contribution in [0.3, 0.4) is 0 Å². The van der Waals surface area contributed by atoms with Gasteiger partial charge >= 0.3 is 0 Å². The summed E-state index contributed by atoms with van der Waals surface area (Å²) in [5.74, 6) is 0.0104. The SMILES string of the molecule is [O-]c1cccc2c[n+]3ccccc3n12. The molecule has 0 aromatic carbocycles. The van der Waals surface area contributed by atoms with Crippen LogP contribution in [0.5, 0.6) is 5.88 Å². The van der Waals surface area contributed by atoms with Crippen LogP contribution in [0.4, 0.5) is 0 Å². The van der Waals surface area contributed by atoms with Gasteiger partial charge in [-0.2, -0.15) is 0 Å². The summed E-state index contributed by atoms with van der Waals surface area (Å²) in [4.78, 5) is 0. The molecule has 0 amide bonds. The fourth-order valence-corrected chi connectivity index (χ4v) is 1.74. The lowest BCUT2D eigenvalue weighted by molar-refractivity contribution is -0.509. The summed E-state index contributed by atoms with van der Waals surface area (Å²) in [5, 5.41) is 11.6. The lowest BCUT2D eigenvalue weighted by Gasteiger charge is -2.01. The van der Waals surface area contributed by atoms with Crippen molar-refractivity contribution in [3.63, 3.8) is 0 Å². The fourth-order valence-electron chi connectivity index (χ4n) is 1.74. The normalized spacial score (nSPS) is 11.1. The smallest absolute Gasteiger partial charge is 0.290 e. The first-order valence-corrected chi connectivity index (χ1v) is 4.44. The molecule has 68 valence electrons. The lowest BCUT2D eigenvalue weighted by Crippen LogP contribution is -2.17. The van der Waals surface area contributed by atoms with Gasteiger partial charge in [0.05, 0.1) is 12.1 Å². The standard InChI is InChI=1S/C11H8N2O/c14-11-6-3-4-9-8-12-7-2-1-5-10(12)13(9)11/h1-8H. The van der Waals surface area contributed by atoms with E-state index in [1.54, 1.807) is 16.5 Å². The average Bonchev–Trinajstić information content (AvgIpc) is 2.57. The summed E-state index contributed by atoms with van der Waals surface area (Å²) in [5.41, 5.74) is 1.82. The van der Waals surface area contributed by atoms with Crippen LogP contribution < -0.4 is 9.51 Å². The molecule has 0 saturated heterocycles. The van der Waals surface area contributed by atoms with Crippen molar-refractivity contribution in [2.45, 2.75) is 0 Å². The van der Waals surface area contributed by atoms with Gasteiger partial charge in [-0.1, -0.05) is 12.1 Å². The molecule has 3 heteroatoms. The van der Waals surface area contributed by atoms with Crippen LogP contribution in [-0.4, -0.2) is 4.40 Å². The number of nitrogens with zero attached hydrogens (tertiary/aromatic N) is 2. The van der Waals surface area contributed by atoms with Gasteiger partial charge in [-0.3, -0.25) is 0 Å². The molecule has 0 fully saturated rings. The van der Waals surface area contributed by atoms with Crippen molar-refractivity contribution in [3.05, 3.63) is 48.8 Å². The van der Waals surface area contributed by atoms with Crippen LogP contribution in [0.2, 0.25) is 0 Å². The van der Waals surface area contributed by atoms with E-state index in [0.717, 1.165) is 11.2 Å². The Balaban J connectivity index is 2.65. The maximum absolute atomic E-state index is 11.6. The molecule has 3 nitrogen and oxygen atoms in total. The second kappa shape index (κ2) is 2.48. The zero-order chi connectivity index (χ0) is 9.54. The number of hydrogen-bond acceptors (Lipinski definition) is 1. The highest BCUT2D eigenvalue weighted by atomic mass is 16.3. The molecule has 0 spiro atoms. The third-order valence-electron chi connectivity index (χ3n) is 2.35. The van der Waals surface area contributed by atoms with Gasteiger partial charge in [-0.25, -0.2) is 8.80 Å². The molecule has 3 aromatic rings. The van der Waals surface area contributed by atoms with E-state index in [1.807, 2.05) is 41.1 Å². The highest BCUT2D eigenvalue weighted by Gasteiger charge is 2.08. The van der Waals surface area contributed by atoms with Crippen molar-refractivity contribution < 1.29 is 9.51 Å². The van der Waals surface area contributed by atoms with Gasteiger partial charge in [-0.15, -0.1) is 0 Å². The van der Waals surface area contributed by atoms with Gasteiger partial charge in [-0.05, 0) is 18.2 Å². The molecule has 0 aliphatic carbocycles. The Kier molecular flexibility index (Phi) is 1.31. The van der Waals surface area contributed by atoms with Gasteiger partial charge in [0, 0.05) is 6.07 Å². The lowest BCUT2D eigenvalue weighted by atomic mass is 10.4. The summed E-state index contributed by atoms with van der Waals surface area (Å²) in [7, 11) is 0. The number of aromatic nitrogens is 2. The number of pyridine rings is 2. The number of hydrogen-bond donors (Lipinski definition) is 0. The summed E-state index contributed by atoms with van der Waals surface area (Å²) >= 11 is 0. The molecule has 0 unspecified atom stereocenters. The van der Waals surface area contributed by atoms with E-state index < -0.39 is 0 Å². The second-order valence-electron chi connectivity index (χ2n) is 3.22. The van der Waals surface area contributed by atoms with Crippen molar-refractivity contribution in [1.29, 1.82) is 0 Å². The summed E-state index contributed by atoms with van der Waals surface area (Å²) in [6, 6.07) is 11.1. The topological polar surface area (TPSA) is 31.6 Å². The van der Waals surface area contributed by atoms with Crippen molar-refractivity contribution in [2.24, 2.45) is 0 Å². The molecular weight excluding hydrogens is 176 g/mol. The highest BCUT2D eigenvalue weighted by Crippen LogP contribution is 2.12. The Morgan fingerprint density at radius 3 is 2.93 bits per heavy atom. The van der Waals surface area contributed by atoms with E-state index in [4.69, 9.17) is 0 Å². The van der Waals surface area contributed by atoms with Crippen LogP contribution in [0, 0.1) is 0 Å².